The highest BCUT2D eigenvalue weighted by atomic mass is 35.5. The minimum absolute atomic E-state index is 0.188. The van der Waals surface area contributed by atoms with Crippen molar-refractivity contribution in [2.45, 2.75) is 10.9 Å². The van der Waals surface area contributed by atoms with E-state index in [1.807, 2.05) is 36.6 Å². The van der Waals surface area contributed by atoms with E-state index < -0.39 is 0 Å². The van der Waals surface area contributed by atoms with Crippen LogP contribution in [0.2, 0.25) is 5.02 Å². The van der Waals surface area contributed by atoms with E-state index in [1.54, 1.807) is 18.9 Å². The summed E-state index contributed by atoms with van der Waals surface area (Å²) in [6, 6.07) is 13.6. The van der Waals surface area contributed by atoms with Gasteiger partial charge in [-0.05, 0) is 35.6 Å². The normalized spacial score (nSPS) is 12.2. The van der Waals surface area contributed by atoms with Crippen LogP contribution in [0.4, 0.5) is 0 Å². The Morgan fingerprint density at radius 3 is 2.58 bits per heavy atom. The van der Waals surface area contributed by atoms with E-state index in [4.69, 9.17) is 22.1 Å². The summed E-state index contributed by atoms with van der Waals surface area (Å²) >= 11 is 7.84. The fraction of sp³-hybridized carbons (Fsp3) is 0.200. The van der Waals surface area contributed by atoms with E-state index in [1.165, 1.54) is 4.90 Å². The third kappa shape index (κ3) is 3.06. The Labute approximate surface area is 122 Å². The Morgan fingerprint density at radius 2 is 1.95 bits per heavy atom. The van der Waals surface area contributed by atoms with E-state index in [2.05, 4.69) is 12.1 Å². The first-order chi connectivity index (χ1) is 9.17. The van der Waals surface area contributed by atoms with Gasteiger partial charge in [-0.25, -0.2) is 0 Å². The summed E-state index contributed by atoms with van der Waals surface area (Å²) in [7, 11) is 1.60. The van der Waals surface area contributed by atoms with Gasteiger partial charge in [0.05, 0.1) is 18.2 Å². The maximum atomic E-state index is 6.34. The minimum Gasteiger partial charge on any atom is -0.495 e. The number of hydrogen-bond acceptors (Lipinski definition) is 3. The molecule has 0 saturated carbocycles. The van der Waals surface area contributed by atoms with Gasteiger partial charge in [-0.15, -0.1) is 11.8 Å². The molecule has 0 aliphatic carbocycles. The van der Waals surface area contributed by atoms with Gasteiger partial charge >= 0.3 is 0 Å². The van der Waals surface area contributed by atoms with Crippen LogP contribution >= 0.6 is 23.4 Å². The highest BCUT2D eigenvalue weighted by Gasteiger charge is 2.14. The number of halogens is 1. The van der Waals surface area contributed by atoms with Gasteiger partial charge < -0.3 is 10.5 Å². The van der Waals surface area contributed by atoms with Crippen molar-refractivity contribution in [3.63, 3.8) is 0 Å². The van der Waals surface area contributed by atoms with Crippen LogP contribution in [-0.2, 0) is 0 Å². The van der Waals surface area contributed by atoms with Gasteiger partial charge in [0.1, 0.15) is 5.75 Å². The number of thioether (sulfide) groups is 1. The van der Waals surface area contributed by atoms with Crippen LogP contribution in [0.25, 0.3) is 0 Å². The fourth-order valence-corrected chi connectivity index (χ4v) is 2.89. The Morgan fingerprint density at radius 1 is 1.21 bits per heavy atom. The minimum atomic E-state index is -0.188. The molecule has 100 valence electrons. The Bertz CT molecular complexity index is 574. The number of methoxy groups -OCH3 is 1. The zero-order valence-corrected chi connectivity index (χ0v) is 12.5. The largest absolute Gasteiger partial charge is 0.495 e. The van der Waals surface area contributed by atoms with Crippen LogP contribution < -0.4 is 10.5 Å². The molecule has 0 spiro atoms. The second-order valence-corrected chi connectivity index (χ2v) is 5.37. The van der Waals surface area contributed by atoms with Crippen molar-refractivity contribution in [1.82, 2.24) is 0 Å². The van der Waals surface area contributed by atoms with Gasteiger partial charge in [0.15, 0.2) is 0 Å². The highest BCUT2D eigenvalue weighted by molar-refractivity contribution is 7.98. The van der Waals surface area contributed by atoms with E-state index in [0.717, 1.165) is 11.1 Å². The smallest absolute Gasteiger partial charge is 0.137 e. The Hall–Kier alpha value is -1.16. The quantitative estimate of drug-likeness (QED) is 0.861. The molecule has 19 heavy (non-hydrogen) atoms. The van der Waals surface area contributed by atoms with E-state index in [9.17, 15) is 0 Å². The first kappa shape index (κ1) is 14.3. The molecule has 0 fully saturated rings. The van der Waals surface area contributed by atoms with Crippen LogP contribution in [0, 0.1) is 0 Å². The molecule has 0 saturated heterocycles. The van der Waals surface area contributed by atoms with E-state index in [-0.39, 0.29) is 6.04 Å². The SMILES string of the molecule is COc1ccc(C(N)c2ccccc2SC)cc1Cl. The monoisotopic (exact) mass is 293 g/mol. The van der Waals surface area contributed by atoms with Crippen molar-refractivity contribution in [2.24, 2.45) is 5.73 Å². The van der Waals surface area contributed by atoms with Crippen LogP contribution in [0.3, 0.4) is 0 Å². The third-order valence-corrected chi connectivity index (χ3v) is 4.12. The van der Waals surface area contributed by atoms with Crippen molar-refractivity contribution < 1.29 is 4.74 Å². The summed E-state index contributed by atoms with van der Waals surface area (Å²) in [6.07, 6.45) is 2.05. The summed E-state index contributed by atoms with van der Waals surface area (Å²) < 4.78 is 5.15. The number of benzene rings is 2. The molecule has 2 rings (SSSR count). The molecule has 4 heteroatoms. The number of hydrogen-bond donors (Lipinski definition) is 1. The lowest BCUT2D eigenvalue weighted by molar-refractivity contribution is 0.415. The first-order valence-corrected chi connectivity index (χ1v) is 7.49. The molecule has 0 amide bonds. The molecule has 0 radical (unpaired) electrons. The molecule has 0 aliphatic rings. The van der Waals surface area contributed by atoms with Gasteiger partial charge in [0, 0.05) is 4.90 Å². The summed E-state index contributed by atoms with van der Waals surface area (Å²) in [5.74, 6) is 0.663. The highest BCUT2D eigenvalue weighted by Crippen LogP contribution is 2.32. The van der Waals surface area contributed by atoms with Crippen LogP contribution in [0.5, 0.6) is 5.75 Å². The predicted octanol–water partition coefficient (Wildman–Crippen LogP) is 4.12. The van der Waals surface area contributed by atoms with Crippen molar-refractivity contribution in [3.8, 4) is 5.75 Å². The van der Waals surface area contributed by atoms with Gasteiger partial charge in [-0.1, -0.05) is 35.9 Å². The molecule has 0 aromatic heterocycles. The zero-order chi connectivity index (χ0) is 13.8. The van der Waals surface area contributed by atoms with Gasteiger partial charge in [0.25, 0.3) is 0 Å². The number of ether oxygens (including phenoxy) is 1. The first-order valence-electron chi connectivity index (χ1n) is 5.89. The summed E-state index contributed by atoms with van der Waals surface area (Å²) in [5.41, 5.74) is 8.43. The molecular weight excluding hydrogens is 278 g/mol. The topological polar surface area (TPSA) is 35.2 Å². The lowest BCUT2D eigenvalue weighted by Crippen LogP contribution is -2.12. The second-order valence-electron chi connectivity index (χ2n) is 4.11. The van der Waals surface area contributed by atoms with E-state index >= 15 is 0 Å². The lowest BCUT2D eigenvalue weighted by Gasteiger charge is -2.16. The van der Waals surface area contributed by atoms with Crippen molar-refractivity contribution in [1.29, 1.82) is 0 Å². The Kier molecular flexibility index (Phi) is 4.75. The fourth-order valence-electron chi connectivity index (χ4n) is 1.98. The molecule has 1 unspecified atom stereocenters. The molecule has 2 N–H and O–H groups in total. The summed E-state index contributed by atoms with van der Waals surface area (Å²) in [6.45, 7) is 0. The van der Waals surface area contributed by atoms with Crippen LogP contribution in [0.1, 0.15) is 17.2 Å². The molecular formula is C15H16ClNOS. The summed E-state index contributed by atoms with van der Waals surface area (Å²) in [4.78, 5) is 1.18. The van der Waals surface area contributed by atoms with Gasteiger partial charge in [0.2, 0.25) is 0 Å². The second kappa shape index (κ2) is 6.33. The summed E-state index contributed by atoms with van der Waals surface area (Å²) in [5, 5.41) is 0.581. The maximum absolute atomic E-state index is 6.34. The van der Waals surface area contributed by atoms with Gasteiger partial charge in [-0.3, -0.25) is 0 Å². The molecule has 1 atom stereocenters. The predicted molar refractivity (Wildman–Crippen MR) is 82.3 cm³/mol. The van der Waals surface area contributed by atoms with Crippen LogP contribution in [0.15, 0.2) is 47.4 Å². The molecule has 0 aliphatic heterocycles. The number of nitrogens with two attached hydrogens (primary N) is 1. The van der Waals surface area contributed by atoms with Crippen LogP contribution in [-0.4, -0.2) is 13.4 Å². The average Bonchev–Trinajstić information content (AvgIpc) is 2.46. The third-order valence-electron chi connectivity index (χ3n) is 3.01. The molecule has 2 nitrogen and oxygen atoms in total. The lowest BCUT2D eigenvalue weighted by atomic mass is 9.99. The van der Waals surface area contributed by atoms with E-state index in [0.29, 0.717) is 10.8 Å². The van der Waals surface area contributed by atoms with Crippen molar-refractivity contribution in [2.75, 3.05) is 13.4 Å². The molecule has 2 aromatic rings. The van der Waals surface area contributed by atoms with Crippen molar-refractivity contribution in [3.05, 3.63) is 58.6 Å². The number of rotatable bonds is 4. The maximum Gasteiger partial charge on any atom is 0.137 e. The average molecular weight is 294 g/mol. The zero-order valence-electron chi connectivity index (χ0n) is 10.9. The standard InChI is InChI=1S/C15H16ClNOS/c1-18-13-8-7-10(9-12(13)16)15(17)11-5-3-4-6-14(11)19-2/h3-9,15H,17H2,1-2H3. The molecule has 0 heterocycles. The van der Waals surface area contributed by atoms with Crippen molar-refractivity contribution >= 4 is 23.4 Å². The molecule has 0 bridgehead atoms. The Balaban J connectivity index is 2.38. The van der Waals surface area contributed by atoms with Gasteiger partial charge in [-0.2, -0.15) is 0 Å². The molecule has 2 aromatic carbocycles.